The number of piperidine rings is 1. The smallest absolute Gasteiger partial charge is 0.293 e. The van der Waals surface area contributed by atoms with Crippen molar-refractivity contribution >= 4 is 6.47 Å². The van der Waals surface area contributed by atoms with Gasteiger partial charge in [-0.15, -0.1) is 0 Å². The van der Waals surface area contributed by atoms with Gasteiger partial charge >= 0.3 is 0 Å². The Labute approximate surface area is 97.7 Å². The van der Waals surface area contributed by atoms with Crippen LogP contribution in [-0.4, -0.2) is 44.9 Å². The lowest BCUT2D eigenvalue weighted by Crippen LogP contribution is -2.50. The lowest BCUT2D eigenvalue weighted by Gasteiger charge is -2.29. The summed E-state index contributed by atoms with van der Waals surface area (Å²) >= 11 is 0. The Morgan fingerprint density at radius 1 is 1.50 bits per heavy atom. The third kappa shape index (κ3) is 7.62. The molecule has 96 valence electrons. The Hall–Kier alpha value is -0.650. The van der Waals surface area contributed by atoms with Crippen molar-refractivity contribution in [2.24, 2.45) is 5.73 Å². The molecule has 16 heavy (non-hydrogen) atoms. The predicted molar refractivity (Wildman–Crippen MR) is 63.2 cm³/mol. The lowest BCUT2D eigenvalue weighted by atomic mass is 10.1. The van der Waals surface area contributed by atoms with Crippen LogP contribution in [0.2, 0.25) is 0 Å². The Balaban J connectivity index is 0.000000385. The van der Waals surface area contributed by atoms with Crippen molar-refractivity contribution in [3.63, 3.8) is 0 Å². The van der Waals surface area contributed by atoms with Crippen LogP contribution in [-0.2, 0) is 14.3 Å². The van der Waals surface area contributed by atoms with E-state index in [9.17, 15) is 4.79 Å². The third-order valence-corrected chi connectivity index (χ3v) is 2.25. The van der Waals surface area contributed by atoms with Crippen LogP contribution in [0.5, 0.6) is 0 Å². The van der Waals surface area contributed by atoms with E-state index in [4.69, 9.17) is 10.5 Å². The molecule has 1 saturated heterocycles. The number of nitrogens with one attached hydrogen (secondary N) is 1. The summed E-state index contributed by atoms with van der Waals surface area (Å²) in [5.74, 6) is 0. The lowest BCUT2D eigenvalue weighted by molar-refractivity contribution is -0.128. The molecule has 5 nitrogen and oxygen atoms in total. The molecule has 0 saturated carbocycles. The summed E-state index contributed by atoms with van der Waals surface area (Å²) in [6, 6.07) is 0.239. The standard InChI is InChI=1S/C8H18N2O.C3H6O2/c1-2-5-11-8-6-10-4-3-7(8)9;1-2-5-3-4/h7-8,10H,2-6,9H2,1H3;3H,2H2,1H3. The Morgan fingerprint density at radius 2 is 2.25 bits per heavy atom. The average Bonchev–Trinajstić information content (AvgIpc) is 2.30. The average molecular weight is 232 g/mol. The second-order valence-electron chi connectivity index (χ2n) is 3.62. The molecule has 1 fully saturated rings. The van der Waals surface area contributed by atoms with Crippen LogP contribution in [0.3, 0.4) is 0 Å². The fraction of sp³-hybridized carbons (Fsp3) is 0.909. The normalized spacial score (nSPS) is 24.2. The summed E-state index contributed by atoms with van der Waals surface area (Å²) in [5, 5.41) is 3.27. The molecule has 1 aliphatic rings. The van der Waals surface area contributed by atoms with E-state index in [0.29, 0.717) is 13.1 Å². The molecule has 0 aliphatic carbocycles. The molecule has 0 radical (unpaired) electrons. The van der Waals surface area contributed by atoms with Crippen LogP contribution in [0.25, 0.3) is 0 Å². The monoisotopic (exact) mass is 232 g/mol. The molecular weight excluding hydrogens is 208 g/mol. The van der Waals surface area contributed by atoms with E-state index in [0.717, 1.165) is 32.5 Å². The molecule has 1 rings (SSSR count). The quantitative estimate of drug-likeness (QED) is 0.666. The van der Waals surface area contributed by atoms with E-state index in [-0.39, 0.29) is 12.1 Å². The van der Waals surface area contributed by atoms with Gasteiger partial charge in [-0.1, -0.05) is 6.92 Å². The molecule has 0 aromatic carbocycles. The van der Waals surface area contributed by atoms with Crippen LogP contribution in [0.1, 0.15) is 26.7 Å². The molecule has 0 aromatic rings. The first-order chi connectivity index (χ1) is 7.76. The zero-order chi connectivity index (χ0) is 12.2. The van der Waals surface area contributed by atoms with E-state index >= 15 is 0 Å². The Kier molecular flexibility index (Phi) is 10.4. The zero-order valence-electron chi connectivity index (χ0n) is 10.3. The molecule has 2 atom stereocenters. The van der Waals surface area contributed by atoms with Crippen LogP contribution < -0.4 is 11.1 Å². The Morgan fingerprint density at radius 3 is 2.69 bits per heavy atom. The highest BCUT2D eigenvalue weighted by Crippen LogP contribution is 2.05. The van der Waals surface area contributed by atoms with Gasteiger partial charge in [-0.25, -0.2) is 0 Å². The van der Waals surface area contributed by atoms with Crippen LogP contribution in [0.15, 0.2) is 0 Å². The van der Waals surface area contributed by atoms with Gasteiger partial charge in [0.05, 0.1) is 12.7 Å². The summed E-state index contributed by atoms with van der Waals surface area (Å²) in [4.78, 5) is 9.18. The number of rotatable bonds is 5. The highest BCUT2D eigenvalue weighted by atomic mass is 16.5. The van der Waals surface area contributed by atoms with E-state index < -0.39 is 0 Å². The van der Waals surface area contributed by atoms with Gasteiger partial charge in [0.15, 0.2) is 0 Å². The van der Waals surface area contributed by atoms with Crippen molar-refractivity contribution in [1.82, 2.24) is 5.32 Å². The summed E-state index contributed by atoms with van der Waals surface area (Å²) in [7, 11) is 0. The van der Waals surface area contributed by atoms with E-state index in [1.165, 1.54) is 0 Å². The molecule has 2 unspecified atom stereocenters. The maximum atomic E-state index is 9.18. The number of carbonyl (C=O) groups excluding carboxylic acids is 1. The van der Waals surface area contributed by atoms with Crippen molar-refractivity contribution in [3.8, 4) is 0 Å². The van der Waals surface area contributed by atoms with Crippen molar-refractivity contribution in [2.75, 3.05) is 26.3 Å². The molecular formula is C11H24N2O3. The third-order valence-electron chi connectivity index (χ3n) is 2.25. The first-order valence-electron chi connectivity index (χ1n) is 5.89. The SMILES string of the molecule is CCCOC1CNCCC1N.CCOC=O. The summed E-state index contributed by atoms with van der Waals surface area (Å²) < 4.78 is 9.71. The number of carbonyl (C=O) groups is 1. The first kappa shape index (κ1) is 15.3. The molecule has 0 amide bonds. The Bertz CT molecular complexity index is 167. The van der Waals surface area contributed by atoms with E-state index in [1.54, 1.807) is 6.92 Å². The number of nitrogens with two attached hydrogens (primary N) is 1. The molecule has 1 aliphatic heterocycles. The van der Waals surface area contributed by atoms with E-state index in [2.05, 4.69) is 17.0 Å². The molecule has 5 heteroatoms. The largest absolute Gasteiger partial charge is 0.468 e. The van der Waals surface area contributed by atoms with Crippen molar-refractivity contribution in [3.05, 3.63) is 0 Å². The fourth-order valence-corrected chi connectivity index (χ4v) is 1.37. The second-order valence-corrected chi connectivity index (χ2v) is 3.62. The molecule has 3 N–H and O–H groups in total. The summed E-state index contributed by atoms with van der Waals surface area (Å²) in [6.45, 7) is 7.56. The summed E-state index contributed by atoms with van der Waals surface area (Å²) in [6.07, 6.45) is 2.35. The number of ether oxygens (including phenoxy) is 2. The maximum absolute atomic E-state index is 9.18. The van der Waals surface area contributed by atoms with Gasteiger partial charge in [-0.2, -0.15) is 0 Å². The highest BCUT2D eigenvalue weighted by Gasteiger charge is 2.21. The molecule has 0 aromatic heterocycles. The van der Waals surface area contributed by atoms with Crippen LogP contribution >= 0.6 is 0 Å². The van der Waals surface area contributed by atoms with E-state index in [1.807, 2.05) is 0 Å². The van der Waals surface area contributed by atoms with Crippen molar-refractivity contribution in [2.45, 2.75) is 38.8 Å². The van der Waals surface area contributed by atoms with Gasteiger partial charge in [-0.05, 0) is 26.3 Å². The molecule has 0 bridgehead atoms. The van der Waals surface area contributed by atoms with Crippen LogP contribution in [0, 0.1) is 0 Å². The first-order valence-corrected chi connectivity index (χ1v) is 5.89. The minimum Gasteiger partial charge on any atom is -0.468 e. The van der Waals surface area contributed by atoms with Crippen molar-refractivity contribution < 1.29 is 14.3 Å². The topological polar surface area (TPSA) is 73.6 Å². The minimum atomic E-state index is 0.239. The number of hydrogen-bond donors (Lipinski definition) is 2. The molecule has 1 heterocycles. The van der Waals surface area contributed by atoms with Gasteiger partial charge in [-0.3, -0.25) is 4.79 Å². The highest BCUT2D eigenvalue weighted by molar-refractivity contribution is 5.36. The zero-order valence-corrected chi connectivity index (χ0v) is 10.3. The predicted octanol–water partition coefficient (Wildman–Crippen LogP) is 0.282. The maximum Gasteiger partial charge on any atom is 0.293 e. The van der Waals surface area contributed by atoms with Gasteiger partial charge < -0.3 is 20.5 Å². The summed E-state index contributed by atoms with van der Waals surface area (Å²) in [5.41, 5.74) is 5.85. The van der Waals surface area contributed by atoms with Crippen molar-refractivity contribution in [1.29, 1.82) is 0 Å². The van der Waals surface area contributed by atoms with Gasteiger partial charge in [0.25, 0.3) is 6.47 Å². The van der Waals surface area contributed by atoms with Gasteiger partial charge in [0, 0.05) is 19.2 Å². The minimum absolute atomic E-state index is 0.239. The second kappa shape index (κ2) is 10.9. The molecule has 0 spiro atoms. The number of hydrogen-bond acceptors (Lipinski definition) is 5. The van der Waals surface area contributed by atoms with Crippen LogP contribution in [0.4, 0.5) is 0 Å². The van der Waals surface area contributed by atoms with Gasteiger partial charge in [0.2, 0.25) is 0 Å². The van der Waals surface area contributed by atoms with Gasteiger partial charge in [0.1, 0.15) is 0 Å². The fourth-order valence-electron chi connectivity index (χ4n) is 1.37.